The van der Waals surface area contributed by atoms with Crippen molar-refractivity contribution in [3.05, 3.63) is 61.2 Å². The van der Waals surface area contributed by atoms with Crippen molar-refractivity contribution in [2.24, 2.45) is 0 Å². The van der Waals surface area contributed by atoms with Crippen molar-refractivity contribution in [3.63, 3.8) is 0 Å². The molecule has 0 amide bonds. The molecule has 0 aliphatic rings. The van der Waals surface area contributed by atoms with Crippen LogP contribution in [0, 0.1) is 0 Å². The zero-order valence-corrected chi connectivity index (χ0v) is 12.7. The van der Waals surface area contributed by atoms with Crippen LogP contribution in [0.3, 0.4) is 0 Å². The molecule has 0 radical (unpaired) electrons. The van der Waals surface area contributed by atoms with Gasteiger partial charge in [0.25, 0.3) is 0 Å². The second-order valence-electron chi connectivity index (χ2n) is 4.65. The van der Waals surface area contributed by atoms with E-state index in [4.69, 9.17) is 0 Å². The van der Waals surface area contributed by atoms with Crippen molar-refractivity contribution in [3.8, 4) is 11.1 Å². The Balaban J connectivity index is 2.05. The topological polar surface area (TPSA) is 30.7 Å². The number of benzene rings is 1. The first-order valence-electron chi connectivity index (χ1n) is 6.29. The van der Waals surface area contributed by atoms with Crippen LogP contribution in [0.5, 0.6) is 0 Å². The van der Waals surface area contributed by atoms with Crippen LogP contribution in [0.4, 0.5) is 0 Å². The van der Waals surface area contributed by atoms with Crippen LogP contribution in [-0.4, -0.2) is 12.7 Å². The van der Waals surface area contributed by atoms with Gasteiger partial charge in [0.05, 0.1) is 33.9 Å². The molecule has 1 aromatic carbocycles. The van der Waals surface area contributed by atoms with Crippen molar-refractivity contribution in [2.45, 2.75) is 0 Å². The monoisotopic (exact) mass is 371 g/mol. The fourth-order valence-electron chi connectivity index (χ4n) is 2.53. The zero-order chi connectivity index (χ0) is 13.5. The molecule has 0 fully saturated rings. The zero-order valence-electron chi connectivity index (χ0n) is 10.5. The Labute approximate surface area is 129 Å². The lowest BCUT2D eigenvalue weighted by molar-refractivity contribution is 1.33. The van der Waals surface area contributed by atoms with Crippen LogP contribution in [0.1, 0.15) is 0 Å². The number of pyridine rings is 2. The van der Waals surface area contributed by atoms with E-state index in [0.29, 0.717) is 0 Å². The minimum atomic E-state index is 1.13. The first-order chi connectivity index (χ1) is 9.84. The lowest BCUT2D eigenvalue weighted by Crippen LogP contribution is -1.81. The maximum Gasteiger partial charge on any atom is 0.0646 e. The van der Waals surface area contributed by atoms with Gasteiger partial charge in [0, 0.05) is 41.1 Å². The quantitative estimate of drug-likeness (QED) is 0.463. The summed E-state index contributed by atoms with van der Waals surface area (Å²) in [6.45, 7) is 0. The Hall–Kier alpha value is -1.95. The normalized spacial score (nSPS) is 11.2. The molecule has 20 heavy (non-hydrogen) atoms. The lowest BCUT2D eigenvalue weighted by atomic mass is 10.1. The number of hydrogen-bond acceptors (Lipinski definition) is 2. The van der Waals surface area contributed by atoms with E-state index in [-0.39, 0.29) is 0 Å². The highest BCUT2D eigenvalue weighted by Crippen LogP contribution is 2.32. The Morgan fingerprint density at radius 2 is 1.70 bits per heavy atom. The number of rotatable bonds is 1. The highest BCUT2D eigenvalue weighted by molar-refractivity contribution is 14.1. The molecule has 0 unspecified atom stereocenters. The SMILES string of the molecule is In1c2ccncc2c2ccc(-c3cccnc3)cc21. The molecule has 3 aromatic heterocycles. The summed E-state index contributed by atoms with van der Waals surface area (Å²) >= 11 is 2.34. The largest absolute Gasteiger partial charge is 0.282 e. The summed E-state index contributed by atoms with van der Waals surface area (Å²) in [5.74, 6) is 0. The van der Waals surface area contributed by atoms with Gasteiger partial charge in [-0.2, -0.15) is 0 Å². The van der Waals surface area contributed by atoms with E-state index in [1.54, 1.807) is 6.20 Å². The predicted molar refractivity (Wildman–Crippen MR) is 89.9 cm³/mol. The van der Waals surface area contributed by atoms with Gasteiger partial charge in [-0.15, -0.1) is 0 Å². The molecule has 4 rings (SSSR count). The van der Waals surface area contributed by atoms with Gasteiger partial charge in [-0.1, -0.05) is 18.2 Å². The maximum absolute atomic E-state index is 4.23. The predicted octanol–water partition coefficient (Wildman–Crippen LogP) is 4.45. The molecule has 0 aliphatic carbocycles. The second kappa shape index (κ2) is 4.56. The fraction of sp³-hybridized carbons (Fsp3) is 0. The highest BCUT2D eigenvalue weighted by atomic mass is 127. The summed E-state index contributed by atoms with van der Waals surface area (Å²) in [4.78, 5) is 8.42. The van der Waals surface area contributed by atoms with Gasteiger partial charge in [0.2, 0.25) is 0 Å². The van der Waals surface area contributed by atoms with E-state index in [0.717, 1.165) is 5.56 Å². The fourth-order valence-corrected chi connectivity index (χ4v) is 3.35. The first-order valence-corrected chi connectivity index (χ1v) is 7.26. The molecule has 0 saturated heterocycles. The van der Waals surface area contributed by atoms with E-state index < -0.39 is 0 Å². The number of fused-ring (bicyclic) bond motifs is 3. The summed E-state index contributed by atoms with van der Waals surface area (Å²) in [7, 11) is 0. The van der Waals surface area contributed by atoms with Crippen LogP contribution in [0.25, 0.3) is 32.9 Å². The van der Waals surface area contributed by atoms with Crippen LogP contribution in [-0.2, 0) is 0 Å². The number of aromatic nitrogens is 3. The molecule has 0 aliphatic heterocycles. The first kappa shape index (κ1) is 11.8. The number of nitrogens with zero attached hydrogens (tertiary/aromatic N) is 3. The average molecular weight is 371 g/mol. The van der Waals surface area contributed by atoms with Crippen LogP contribution in [0.15, 0.2) is 61.2 Å². The second-order valence-corrected chi connectivity index (χ2v) is 5.61. The summed E-state index contributed by atoms with van der Waals surface area (Å²) in [6.07, 6.45) is 7.45. The molecular formula is C16H10IN3. The van der Waals surface area contributed by atoms with Crippen molar-refractivity contribution in [1.29, 1.82) is 0 Å². The van der Waals surface area contributed by atoms with Crippen molar-refractivity contribution >= 4 is 44.7 Å². The number of halogens is 1. The van der Waals surface area contributed by atoms with E-state index in [1.165, 1.54) is 27.4 Å². The van der Waals surface area contributed by atoms with Gasteiger partial charge in [-0.25, -0.2) is 0 Å². The van der Waals surface area contributed by atoms with Gasteiger partial charge in [-0.05, 0) is 23.8 Å². The minimum absolute atomic E-state index is 1.13. The summed E-state index contributed by atoms with van der Waals surface area (Å²) in [5, 5.41) is 2.42. The molecule has 0 spiro atoms. The number of hydrogen-bond donors (Lipinski definition) is 0. The molecular weight excluding hydrogens is 361 g/mol. The lowest BCUT2D eigenvalue weighted by Gasteiger charge is -2.02. The molecule has 96 valence electrons. The molecule has 3 heterocycles. The third-order valence-corrected chi connectivity index (χ3v) is 4.54. The molecule has 4 heteroatoms. The maximum atomic E-state index is 4.23. The third-order valence-electron chi connectivity index (χ3n) is 3.50. The van der Waals surface area contributed by atoms with Crippen molar-refractivity contribution < 1.29 is 0 Å². The van der Waals surface area contributed by atoms with E-state index in [1.807, 2.05) is 30.7 Å². The van der Waals surface area contributed by atoms with Crippen molar-refractivity contribution in [2.75, 3.05) is 0 Å². The summed E-state index contributed by atoms with van der Waals surface area (Å²) < 4.78 is 2.18. The molecule has 0 bridgehead atoms. The van der Waals surface area contributed by atoms with Gasteiger partial charge < -0.3 is 0 Å². The molecule has 0 atom stereocenters. The van der Waals surface area contributed by atoms with Gasteiger partial charge in [-0.3, -0.25) is 12.7 Å². The van der Waals surface area contributed by atoms with Gasteiger partial charge in [0.15, 0.2) is 0 Å². The molecule has 0 saturated carbocycles. The van der Waals surface area contributed by atoms with Crippen LogP contribution < -0.4 is 0 Å². The molecule has 3 nitrogen and oxygen atoms in total. The van der Waals surface area contributed by atoms with Crippen LogP contribution in [0.2, 0.25) is 0 Å². The summed E-state index contributed by atoms with van der Waals surface area (Å²) in [5.41, 5.74) is 4.71. The third kappa shape index (κ3) is 1.71. The Morgan fingerprint density at radius 1 is 0.800 bits per heavy atom. The van der Waals surface area contributed by atoms with E-state index in [2.05, 4.69) is 59.9 Å². The molecule has 4 aromatic rings. The molecule has 0 N–H and O–H groups in total. The standard InChI is InChI=1S/C16H10IN3/c17-20-15-5-7-19-10-14(15)13-4-3-11(8-16(13)20)12-2-1-6-18-9-12/h1-10H. The minimum Gasteiger partial charge on any atom is -0.282 e. The smallest absolute Gasteiger partial charge is 0.0646 e. The van der Waals surface area contributed by atoms with Gasteiger partial charge >= 0.3 is 0 Å². The Morgan fingerprint density at radius 3 is 2.55 bits per heavy atom. The highest BCUT2D eigenvalue weighted by Gasteiger charge is 2.10. The van der Waals surface area contributed by atoms with Crippen LogP contribution >= 0.6 is 22.9 Å². The average Bonchev–Trinajstić information content (AvgIpc) is 2.81. The summed E-state index contributed by atoms with van der Waals surface area (Å²) in [6, 6.07) is 12.6. The van der Waals surface area contributed by atoms with E-state index >= 15 is 0 Å². The van der Waals surface area contributed by atoms with E-state index in [9.17, 15) is 0 Å². The Kier molecular flexibility index (Phi) is 2.70. The Bertz CT molecular complexity index is 913. The van der Waals surface area contributed by atoms with Gasteiger partial charge in [0.1, 0.15) is 0 Å². The van der Waals surface area contributed by atoms with Crippen molar-refractivity contribution in [1.82, 2.24) is 12.7 Å².